The van der Waals surface area contributed by atoms with Crippen LogP contribution >= 0.6 is 11.8 Å². The van der Waals surface area contributed by atoms with Gasteiger partial charge in [-0.25, -0.2) is 4.68 Å². The van der Waals surface area contributed by atoms with E-state index in [0.717, 1.165) is 39.9 Å². The topological polar surface area (TPSA) is 59.8 Å². The summed E-state index contributed by atoms with van der Waals surface area (Å²) in [6.07, 6.45) is 3.51. The maximum absolute atomic E-state index is 12.9. The number of hydrogen-bond acceptors (Lipinski definition) is 5. The van der Waals surface area contributed by atoms with Crippen LogP contribution in [0.3, 0.4) is 0 Å². The van der Waals surface area contributed by atoms with E-state index < -0.39 is 0 Å². The molecule has 1 aliphatic heterocycles. The van der Waals surface area contributed by atoms with Gasteiger partial charge in [0.1, 0.15) is 5.78 Å². The summed E-state index contributed by atoms with van der Waals surface area (Å²) < 4.78 is 1.92. The lowest BCUT2D eigenvalue weighted by molar-refractivity contribution is -0.123. The molecule has 0 unspecified atom stereocenters. The number of nitrogens with zero attached hydrogens (tertiary/aromatic N) is 3. The number of fused-ring (bicyclic) bond motifs is 3. The number of hydrogen-bond donors (Lipinski definition) is 1. The fourth-order valence-electron chi connectivity index (χ4n) is 4.16. The van der Waals surface area contributed by atoms with E-state index in [4.69, 9.17) is 5.10 Å². The molecular formula is C21H20N4OS. The number of Topliss-reactive ketones (excluding diaryl/α,β-unsaturated/α-hetero) is 1. The Morgan fingerprint density at radius 2 is 2.07 bits per heavy atom. The standard InChI is InChI=1S/C21H20N4OS/c1-2-27-21-23-20-22-16-11-6-12-17(26)18(16)19(25(20)24-21)15-10-5-8-13-7-3-4-9-14(13)15/h3-5,7-11,18-19H,2,6,12H2,1H3,(H,22,23,24)/t18-,19-/m0/s1. The number of aromatic nitrogens is 3. The molecule has 2 aromatic carbocycles. The molecule has 5 nitrogen and oxygen atoms in total. The van der Waals surface area contributed by atoms with Gasteiger partial charge in [0.2, 0.25) is 11.1 Å². The van der Waals surface area contributed by atoms with Gasteiger partial charge in [0.05, 0.1) is 12.0 Å². The molecule has 0 bridgehead atoms. The summed E-state index contributed by atoms with van der Waals surface area (Å²) >= 11 is 1.62. The average molecular weight is 376 g/mol. The van der Waals surface area contributed by atoms with Crippen LogP contribution in [0.25, 0.3) is 10.8 Å². The molecule has 1 N–H and O–H groups in total. The molecule has 1 aliphatic carbocycles. The van der Waals surface area contributed by atoms with Crippen molar-refractivity contribution in [3.8, 4) is 0 Å². The molecule has 2 atom stereocenters. The van der Waals surface area contributed by atoms with Crippen LogP contribution in [0.1, 0.15) is 31.4 Å². The minimum atomic E-state index is -0.238. The minimum absolute atomic E-state index is 0.176. The monoisotopic (exact) mass is 376 g/mol. The lowest BCUT2D eigenvalue weighted by atomic mass is 9.79. The second-order valence-corrected chi connectivity index (χ2v) is 8.11. The summed E-state index contributed by atoms with van der Waals surface area (Å²) in [7, 11) is 0. The Morgan fingerprint density at radius 3 is 2.96 bits per heavy atom. The number of benzene rings is 2. The molecular weight excluding hydrogens is 356 g/mol. The molecule has 0 saturated carbocycles. The summed E-state index contributed by atoms with van der Waals surface area (Å²) in [5, 5.41) is 11.2. The van der Waals surface area contributed by atoms with Crippen molar-refractivity contribution >= 4 is 34.3 Å². The van der Waals surface area contributed by atoms with Crippen molar-refractivity contribution in [1.82, 2.24) is 14.8 Å². The van der Waals surface area contributed by atoms with Gasteiger partial charge in [-0.05, 0) is 28.5 Å². The van der Waals surface area contributed by atoms with Crippen LogP contribution < -0.4 is 5.32 Å². The first kappa shape index (κ1) is 16.6. The van der Waals surface area contributed by atoms with Crippen molar-refractivity contribution in [3.05, 3.63) is 59.8 Å². The lowest BCUT2D eigenvalue weighted by Crippen LogP contribution is -2.38. The highest BCUT2D eigenvalue weighted by molar-refractivity contribution is 7.99. The van der Waals surface area contributed by atoms with Gasteiger partial charge in [0.25, 0.3) is 0 Å². The zero-order chi connectivity index (χ0) is 18.4. The van der Waals surface area contributed by atoms with Gasteiger partial charge in [0.15, 0.2) is 0 Å². The Hall–Kier alpha value is -2.60. The van der Waals surface area contributed by atoms with Gasteiger partial charge in [-0.2, -0.15) is 4.98 Å². The molecule has 0 saturated heterocycles. The van der Waals surface area contributed by atoms with Crippen LogP contribution in [-0.4, -0.2) is 26.3 Å². The summed E-state index contributed by atoms with van der Waals surface area (Å²) in [6.45, 7) is 2.09. The minimum Gasteiger partial charge on any atom is -0.328 e. The lowest BCUT2D eigenvalue weighted by Gasteiger charge is -2.36. The van der Waals surface area contributed by atoms with Crippen molar-refractivity contribution in [3.63, 3.8) is 0 Å². The van der Waals surface area contributed by atoms with Gasteiger partial charge >= 0.3 is 0 Å². The molecule has 5 rings (SSSR count). The van der Waals surface area contributed by atoms with E-state index in [0.29, 0.717) is 6.42 Å². The maximum atomic E-state index is 12.9. The number of thioether (sulfide) groups is 1. The van der Waals surface area contributed by atoms with Crippen LogP contribution in [0.4, 0.5) is 5.95 Å². The quantitative estimate of drug-likeness (QED) is 0.686. The van der Waals surface area contributed by atoms with E-state index in [-0.39, 0.29) is 17.7 Å². The summed E-state index contributed by atoms with van der Waals surface area (Å²) in [5.41, 5.74) is 2.09. The molecule has 6 heteroatoms. The van der Waals surface area contributed by atoms with E-state index in [9.17, 15) is 4.79 Å². The number of allylic oxidation sites excluding steroid dienone is 2. The zero-order valence-electron chi connectivity index (χ0n) is 15.1. The van der Waals surface area contributed by atoms with Crippen LogP contribution in [0, 0.1) is 5.92 Å². The Bertz CT molecular complexity index is 1070. The maximum Gasteiger partial charge on any atom is 0.227 e. The second-order valence-electron chi connectivity index (χ2n) is 6.88. The first-order valence-electron chi connectivity index (χ1n) is 9.33. The predicted molar refractivity (Wildman–Crippen MR) is 108 cm³/mol. The second kappa shape index (κ2) is 6.53. The predicted octanol–water partition coefficient (Wildman–Crippen LogP) is 4.42. The van der Waals surface area contributed by atoms with Crippen molar-refractivity contribution < 1.29 is 4.79 Å². The van der Waals surface area contributed by atoms with E-state index in [1.807, 2.05) is 16.8 Å². The van der Waals surface area contributed by atoms with Gasteiger partial charge in [0, 0.05) is 12.1 Å². The first-order valence-corrected chi connectivity index (χ1v) is 10.3. The van der Waals surface area contributed by atoms with E-state index in [2.05, 4.69) is 53.6 Å². The third-order valence-electron chi connectivity index (χ3n) is 5.30. The number of rotatable bonds is 3. The number of nitrogens with one attached hydrogen (secondary N) is 1. The Labute approximate surface area is 161 Å². The normalized spacial score (nSPS) is 21.4. The molecule has 136 valence electrons. The van der Waals surface area contributed by atoms with Gasteiger partial charge in [-0.3, -0.25) is 4.79 Å². The highest BCUT2D eigenvalue weighted by Crippen LogP contribution is 2.43. The zero-order valence-corrected chi connectivity index (χ0v) is 15.9. The fourth-order valence-corrected chi connectivity index (χ4v) is 4.72. The molecule has 2 aliphatic rings. The van der Waals surface area contributed by atoms with Crippen molar-refractivity contribution in [2.45, 2.75) is 31.0 Å². The number of carbonyl (C=O) groups excluding carboxylic acids is 1. The summed E-state index contributed by atoms with van der Waals surface area (Å²) in [6, 6.07) is 14.5. The number of carbonyl (C=O) groups is 1. The SMILES string of the molecule is CCSc1nc2n(n1)[C@@H](c1cccc3ccccc13)[C@@H]1C(=O)CCC=C1N2. The molecule has 3 aromatic rings. The van der Waals surface area contributed by atoms with E-state index in [1.54, 1.807) is 11.8 Å². The summed E-state index contributed by atoms with van der Waals surface area (Å²) in [4.78, 5) is 17.6. The van der Waals surface area contributed by atoms with Crippen LogP contribution in [0.5, 0.6) is 0 Å². The number of ketones is 1. The molecule has 0 spiro atoms. The molecule has 2 heterocycles. The van der Waals surface area contributed by atoms with E-state index >= 15 is 0 Å². The Morgan fingerprint density at radius 1 is 1.22 bits per heavy atom. The molecule has 27 heavy (non-hydrogen) atoms. The first-order chi connectivity index (χ1) is 13.3. The van der Waals surface area contributed by atoms with Crippen molar-refractivity contribution in [2.75, 3.05) is 11.1 Å². The fraction of sp³-hybridized carbons (Fsp3) is 0.286. The van der Waals surface area contributed by atoms with Gasteiger partial charge in [-0.15, -0.1) is 5.10 Å². The van der Waals surface area contributed by atoms with Crippen LogP contribution in [0.15, 0.2) is 59.4 Å². The van der Waals surface area contributed by atoms with Crippen molar-refractivity contribution in [2.24, 2.45) is 5.92 Å². The summed E-state index contributed by atoms with van der Waals surface area (Å²) in [5.74, 6) is 1.66. The Balaban J connectivity index is 1.75. The largest absolute Gasteiger partial charge is 0.328 e. The molecule has 0 fully saturated rings. The highest BCUT2D eigenvalue weighted by atomic mass is 32.2. The average Bonchev–Trinajstić information content (AvgIpc) is 3.08. The molecule has 0 radical (unpaired) electrons. The van der Waals surface area contributed by atoms with E-state index in [1.165, 1.54) is 5.39 Å². The third kappa shape index (κ3) is 2.67. The molecule has 1 aromatic heterocycles. The van der Waals surface area contributed by atoms with Gasteiger partial charge in [-0.1, -0.05) is 67.2 Å². The highest BCUT2D eigenvalue weighted by Gasteiger charge is 2.42. The molecule has 0 amide bonds. The van der Waals surface area contributed by atoms with Crippen LogP contribution in [0.2, 0.25) is 0 Å². The number of anilines is 1. The Kier molecular flexibility index (Phi) is 4.01. The third-order valence-corrected chi connectivity index (χ3v) is 6.02. The van der Waals surface area contributed by atoms with Crippen LogP contribution in [-0.2, 0) is 4.79 Å². The van der Waals surface area contributed by atoms with Crippen molar-refractivity contribution in [1.29, 1.82) is 0 Å². The smallest absolute Gasteiger partial charge is 0.227 e. The van der Waals surface area contributed by atoms with Gasteiger partial charge < -0.3 is 5.32 Å².